The molecule has 0 spiro atoms. The molecule has 0 N–H and O–H groups in total. The molecule has 0 aliphatic carbocycles. The molecule has 0 radical (unpaired) electrons. The molecule has 0 fully saturated rings. The summed E-state index contributed by atoms with van der Waals surface area (Å²) in [6.45, 7) is 1.66. The van der Waals surface area contributed by atoms with Gasteiger partial charge in [-0.1, -0.05) is 42.8 Å². The van der Waals surface area contributed by atoms with Gasteiger partial charge in [0.15, 0.2) is 9.84 Å². The van der Waals surface area contributed by atoms with E-state index in [9.17, 15) is 13.2 Å². The maximum Gasteiger partial charge on any atom is 0.355 e. The highest BCUT2D eigenvalue weighted by Crippen LogP contribution is 2.38. The van der Waals surface area contributed by atoms with E-state index in [0.717, 1.165) is 15.3 Å². The third-order valence-electron chi connectivity index (χ3n) is 4.68. The van der Waals surface area contributed by atoms with E-state index in [-0.39, 0.29) is 17.2 Å². The third-order valence-corrected chi connectivity index (χ3v) is 7.27. The van der Waals surface area contributed by atoms with Gasteiger partial charge in [-0.2, -0.15) is 0 Å². The Morgan fingerprint density at radius 2 is 1.82 bits per heavy atom. The number of hydrogen-bond acceptors (Lipinski definition) is 7. The highest BCUT2D eigenvalue weighted by molar-refractivity contribution is 7.90. The SMILES string of the molecule is CCC(=O)OOc1cc(-c2ccc(-c3cccc(S(C)(=O)=O)c3)s2)n(-c2ccccc2Cl)n1. The van der Waals surface area contributed by atoms with Crippen molar-refractivity contribution < 1.29 is 23.0 Å². The van der Waals surface area contributed by atoms with E-state index < -0.39 is 15.8 Å². The zero-order chi connectivity index (χ0) is 23.6. The summed E-state index contributed by atoms with van der Waals surface area (Å²) in [7, 11) is -3.32. The van der Waals surface area contributed by atoms with Crippen molar-refractivity contribution in [3.63, 3.8) is 0 Å². The van der Waals surface area contributed by atoms with Crippen LogP contribution in [0.15, 0.2) is 71.6 Å². The predicted molar refractivity (Wildman–Crippen MR) is 127 cm³/mol. The monoisotopic (exact) mass is 502 g/mol. The third kappa shape index (κ3) is 5.11. The lowest BCUT2D eigenvalue weighted by molar-refractivity contribution is -0.215. The van der Waals surface area contributed by atoms with Gasteiger partial charge in [0.25, 0.3) is 5.88 Å². The maximum absolute atomic E-state index is 11.9. The Hall–Kier alpha value is -3.14. The second-order valence-corrected chi connectivity index (χ2v) is 10.6. The van der Waals surface area contributed by atoms with Crippen molar-refractivity contribution >= 4 is 38.7 Å². The van der Waals surface area contributed by atoms with Crippen molar-refractivity contribution in [3.8, 4) is 32.6 Å². The summed E-state index contributed by atoms with van der Waals surface area (Å²) in [4.78, 5) is 23.3. The van der Waals surface area contributed by atoms with Crippen LogP contribution in [0, 0.1) is 0 Å². The van der Waals surface area contributed by atoms with Crippen molar-refractivity contribution in [1.82, 2.24) is 9.78 Å². The standard InChI is InChI=1S/C23H19ClN2O5S2/c1-3-23(27)31-30-22-14-19(26(25-22)18-10-5-4-9-17(18)24)21-12-11-20(32-21)15-7-6-8-16(13-15)33(2,28)29/h4-14H,3H2,1-2H3. The summed E-state index contributed by atoms with van der Waals surface area (Å²) in [5.74, 6) is -0.422. The molecule has 7 nitrogen and oxygen atoms in total. The first-order valence-electron chi connectivity index (χ1n) is 9.89. The van der Waals surface area contributed by atoms with Gasteiger partial charge in [0.2, 0.25) is 0 Å². The van der Waals surface area contributed by atoms with E-state index in [1.165, 1.54) is 17.6 Å². The number of halogens is 1. The molecule has 33 heavy (non-hydrogen) atoms. The van der Waals surface area contributed by atoms with Crippen molar-refractivity contribution in [2.45, 2.75) is 18.2 Å². The minimum absolute atomic E-state index is 0.0979. The molecule has 0 saturated carbocycles. The minimum Gasteiger partial charge on any atom is -0.264 e. The Morgan fingerprint density at radius 3 is 2.55 bits per heavy atom. The van der Waals surface area contributed by atoms with Crippen molar-refractivity contribution in [3.05, 3.63) is 71.8 Å². The fourth-order valence-electron chi connectivity index (χ4n) is 3.04. The van der Waals surface area contributed by atoms with Crippen LogP contribution in [-0.2, 0) is 19.5 Å². The lowest BCUT2D eigenvalue weighted by Gasteiger charge is -2.07. The predicted octanol–water partition coefficient (Wildman–Crippen LogP) is 5.57. The number of sulfone groups is 1. The fraction of sp³-hybridized carbons (Fsp3) is 0.130. The molecule has 0 saturated heterocycles. The summed E-state index contributed by atoms with van der Waals surface area (Å²) < 4.78 is 25.5. The van der Waals surface area contributed by atoms with E-state index in [4.69, 9.17) is 21.4 Å². The molecular formula is C23H19ClN2O5S2. The normalized spacial score (nSPS) is 11.4. The second kappa shape index (κ2) is 9.38. The van der Waals surface area contributed by atoms with E-state index in [2.05, 4.69) is 5.10 Å². The van der Waals surface area contributed by atoms with Crippen LogP contribution >= 0.6 is 22.9 Å². The molecule has 4 aromatic rings. The van der Waals surface area contributed by atoms with Gasteiger partial charge in [0, 0.05) is 23.6 Å². The molecule has 10 heteroatoms. The number of thiophene rings is 1. The molecule has 4 rings (SSSR count). The molecule has 0 unspecified atom stereocenters. The lowest BCUT2D eigenvalue weighted by Crippen LogP contribution is -2.06. The van der Waals surface area contributed by atoms with Gasteiger partial charge < -0.3 is 0 Å². The van der Waals surface area contributed by atoms with Crippen LogP contribution < -0.4 is 4.89 Å². The summed E-state index contributed by atoms with van der Waals surface area (Å²) in [6.07, 6.45) is 1.35. The first kappa shape index (κ1) is 23.0. The van der Waals surface area contributed by atoms with Crippen LogP contribution in [0.1, 0.15) is 13.3 Å². The number of aromatic nitrogens is 2. The molecule has 170 valence electrons. The van der Waals surface area contributed by atoms with Crippen LogP contribution in [0.4, 0.5) is 0 Å². The number of carbonyl (C=O) groups excluding carboxylic acids is 1. The molecule has 0 aliphatic heterocycles. The summed E-state index contributed by atoms with van der Waals surface area (Å²) in [5, 5.41) is 4.90. The van der Waals surface area contributed by atoms with E-state index in [0.29, 0.717) is 16.4 Å². The largest absolute Gasteiger partial charge is 0.355 e. The smallest absolute Gasteiger partial charge is 0.264 e. The molecule has 0 bridgehead atoms. The zero-order valence-corrected chi connectivity index (χ0v) is 20.1. The number of benzene rings is 2. The van der Waals surface area contributed by atoms with Crippen LogP contribution in [0.5, 0.6) is 5.88 Å². The van der Waals surface area contributed by atoms with E-state index >= 15 is 0 Å². The molecule has 0 atom stereocenters. The van der Waals surface area contributed by atoms with Crippen molar-refractivity contribution in [2.75, 3.05) is 6.26 Å². The number of nitrogens with zero attached hydrogens (tertiary/aromatic N) is 2. The second-order valence-electron chi connectivity index (χ2n) is 7.09. The van der Waals surface area contributed by atoms with Crippen molar-refractivity contribution in [2.24, 2.45) is 0 Å². The van der Waals surface area contributed by atoms with Gasteiger partial charge in [-0.3, -0.25) is 4.89 Å². The van der Waals surface area contributed by atoms with E-state index in [1.807, 2.05) is 36.4 Å². The number of para-hydroxylation sites is 1. The van der Waals surface area contributed by atoms with Crippen LogP contribution in [-0.4, -0.2) is 30.4 Å². The molecule has 2 heterocycles. The molecule has 2 aromatic heterocycles. The van der Waals surface area contributed by atoms with Gasteiger partial charge in [0.05, 0.1) is 26.2 Å². The Bertz CT molecular complexity index is 1430. The molecular weight excluding hydrogens is 484 g/mol. The summed E-state index contributed by atoms with van der Waals surface area (Å²) in [5.41, 5.74) is 2.08. The minimum atomic E-state index is -3.32. The van der Waals surface area contributed by atoms with Crippen molar-refractivity contribution in [1.29, 1.82) is 0 Å². The van der Waals surface area contributed by atoms with Gasteiger partial charge in [0.1, 0.15) is 0 Å². The quantitative estimate of drug-likeness (QED) is 0.242. The Morgan fingerprint density at radius 1 is 1.06 bits per heavy atom. The molecule has 0 aliphatic rings. The average Bonchev–Trinajstić information content (AvgIpc) is 3.44. The maximum atomic E-state index is 11.9. The average molecular weight is 503 g/mol. The lowest BCUT2D eigenvalue weighted by atomic mass is 10.2. The highest BCUT2D eigenvalue weighted by Gasteiger charge is 2.18. The summed E-state index contributed by atoms with van der Waals surface area (Å²) in [6, 6.07) is 19.4. The van der Waals surface area contributed by atoms with Crippen LogP contribution in [0.2, 0.25) is 5.02 Å². The van der Waals surface area contributed by atoms with Gasteiger partial charge in [-0.15, -0.1) is 16.4 Å². The Balaban J connectivity index is 1.76. The summed E-state index contributed by atoms with van der Waals surface area (Å²) >= 11 is 7.85. The van der Waals surface area contributed by atoms with E-state index in [1.54, 1.807) is 41.9 Å². The Kier molecular flexibility index (Phi) is 6.55. The van der Waals surface area contributed by atoms with Gasteiger partial charge in [-0.05, 0) is 42.0 Å². The first-order chi connectivity index (χ1) is 15.8. The number of carbonyl (C=O) groups is 1. The van der Waals surface area contributed by atoms with Gasteiger partial charge in [-0.25, -0.2) is 22.8 Å². The Labute approximate surface area is 200 Å². The molecule has 2 aromatic carbocycles. The van der Waals surface area contributed by atoms with Crippen LogP contribution in [0.3, 0.4) is 0 Å². The van der Waals surface area contributed by atoms with Gasteiger partial charge >= 0.3 is 5.97 Å². The highest BCUT2D eigenvalue weighted by atomic mass is 35.5. The number of rotatable bonds is 7. The fourth-order valence-corrected chi connectivity index (χ4v) is 4.93. The molecule has 0 amide bonds. The topological polar surface area (TPSA) is 87.5 Å². The zero-order valence-electron chi connectivity index (χ0n) is 17.7. The van der Waals surface area contributed by atoms with Crippen LogP contribution in [0.25, 0.3) is 26.7 Å². The number of hydrogen-bond donors (Lipinski definition) is 0. The first-order valence-corrected chi connectivity index (χ1v) is 13.0.